The molecule has 0 spiro atoms. The Kier molecular flexibility index (Phi) is 6.70. The molecule has 0 aliphatic rings. The molecule has 0 aromatic heterocycles. The van der Waals surface area contributed by atoms with Gasteiger partial charge in [0.15, 0.2) is 0 Å². The SMILES string of the molecule is CC(C)(C)OC(=O)NCC(F)(F)CNCc1c(F)cccc1Cl. The lowest BCUT2D eigenvalue weighted by molar-refractivity contribution is -0.00380. The largest absolute Gasteiger partial charge is 0.444 e. The zero-order valence-corrected chi connectivity index (χ0v) is 13.9. The van der Waals surface area contributed by atoms with Crippen LogP contribution in [0.1, 0.15) is 26.3 Å². The summed E-state index contributed by atoms with van der Waals surface area (Å²) in [5.74, 6) is -3.78. The minimum Gasteiger partial charge on any atom is -0.444 e. The van der Waals surface area contributed by atoms with Gasteiger partial charge in [0.25, 0.3) is 5.92 Å². The number of carbonyl (C=O) groups excluding carboxylic acids is 1. The van der Waals surface area contributed by atoms with E-state index < -0.39 is 36.5 Å². The van der Waals surface area contributed by atoms with E-state index in [-0.39, 0.29) is 17.1 Å². The molecule has 0 saturated heterocycles. The van der Waals surface area contributed by atoms with Crippen LogP contribution >= 0.6 is 11.6 Å². The van der Waals surface area contributed by atoms with Crippen molar-refractivity contribution >= 4 is 17.7 Å². The van der Waals surface area contributed by atoms with Crippen molar-refractivity contribution in [2.24, 2.45) is 0 Å². The van der Waals surface area contributed by atoms with Crippen LogP contribution < -0.4 is 10.6 Å². The monoisotopic (exact) mass is 352 g/mol. The topological polar surface area (TPSA) is 50.4 Å². The average molecular weight is 353 g/mol. The third-order valence-corrected chi connectivity index (χ3v) is 2.99. The summed E-state index contributed by atoms with van der Waals surface area (Å²) >= 11 is 5.80. The molecular formula is C15H20ClF3N2O2. The van der Waals surface area contributed by atoms with Crippen LogP contribution in [0.15, 0.2) is 18.2 Å². The molecule has 0 heterocycles. The number of hydrogen-bond acceptors (Lipinski definition) is 3. The fraction of sp³-hybridized carbons (Fsp3) is 0.533. The number of ether oxygens (including phenoxy) is 1. The van der Waals surface area contributed by atoms with Gasteiger partial charge in [-0.15, -0.1) is 0 Å². The van der Waals surface area contributed by atoms with Gasteiger partial charge in [0.2, 0.25) is 0 Å². The quantitative estimate of drug-likeness (QED) is 0.820. The van der Waals surface area contributed by atoms with Crippen LogP contribution in [0.3, 0.4) is 0 Å². The highest BCUT2D eigenvalue weighted by molar-refractivity contribution is 6.31. The number of halogens is 4. The smallest absolute Gasteiger partial charge is 0.407 e. The predicted molar refractivity (Wildman–Crippen MR) is 82.3 cm³/mol. The molecule has 1 amide bonds. The maximum atomic E-state index is 13.7. The van der Waals surface area contributed by atoms with Crippen molar-refractivity contribution in [1.29, 1.82) is 0 Å². The van der Waals surface area contributed by atoms with Crippen LogP contribution in [-0.2, 0) is 11.3 Å². The number of carbonyl (C=O) groups is 1. The molecule has 2 N–H and O–H groups in total. The minimum atomic E-state index is -3.21. The predicted octanol–water partition coefficient (Wildman–Crippen LogP) is 3.73. The highest BCUT2D eigenvalue weighted by atomic mass is 35.5. The Morgan fingerprint density at radius 1 is 1.26 bits per heavy atom. The molecule has 0 aliphatic carbocycles. The van der Waals surface area contributed by atoms with Gasteiger partial charge >= 0.3 is 6.09 Å². The van der Waals surface area contributed by atoms with Crippen LogP contribution in [-0.4, -0.2) is 30.7 Å². The van der Waals surface area contributed by atoms with Crippen molar-refractivity contribution in [3.63, 3.8) is 0 Å². The number of nitrogens with one attached hydrogen (secondary N) is 2. The van der Waals surface area contributed by atoms with Gasteiger partial charge in [-0.3, -0.25) is 0 Å². The van der Waals surface area contributed by atoms with Gasteiger partial charge in [-0.05, 0) is 32.9 Å². The number of alkyl carbamates (subject to hydrolysis) is 1. The third kappa shape index (κ3) is 7.56. The Hall–Kier alpha value is -1.47. The van der Waals surface area contributed by atoms with Crippen molar-refractivity contribution in [1.82, 2.24) is 10.6 Å². The zero-order valence-electron chi connectivity index (χ0n) is 13.2. The normalized spacial score (nSPS) is 12.1. The molecular weight excluding hydrogens is 333 g/mol. The molecule has 1 aromatic rings. The highest BCUT2D eigenvalue weighted by Crippen LogP contribution is 2.19. The lowest BCUT2D eigenvalue weighted by atomic mass is 10.2. The number of benzene rings is 1. The van der Waals surface area contributed by atoms with Gasteiger partial charge < -0.3 is 15.4 Å². The number of alkyl halides is 2. The van der Waals surface area contributed by atoms with E-state index in [1.54, 1.807) is 20.8 Å². The first kappa shape index (κ1) is 19.6. The fourth-order valence-corrected chi connectivity index (χ4v) is 1.88. The van der Waals surface area contributed by atoms with E-state index in [0.29, 0.717) is 0 Å². The fourth-order valence-electron chi connectivity index (χ4n) is 1.65. The van der Waals surface area contributed by atoms with Gasteiger partial charge in [0.05, 0.1) is 13.1 Å². The Labute approximate surface area is 138 Å². The first-order valence-corrected chi connectivity index (χ1v) is 7.36. The van der Waals surface area contributed by atoms with Crippen molar-refractivity contribution in [3.8, 4) is 0 Å². The van der Waals surface area contributed by atoms with E-state index in [4.69, 9.17) is 16.3 Å². The van der Waals surface area contributed by atoms with Gasteiger partial charge in [-0.1, -0.05) is 17.7 Å². The molecule has 0 bridgehead atoms. The summed E-state index contributed by atoms with van der Waals surface area (Å²) in [6, 6.07) is 4.11. The number of hydrogen-bond donors (Lipinski definition) is 2. The summed E-state index contributed by atoms with van der Waals surface area (Å²) in [7, 11) is 0. The van der Waals surface area contributed by atoms with Crippen molar-refractivity contribution in [2.75, 3.05) is 13.1 Å². The second-order valence-corrected chi connectivity index (χ2v) is 6.42. The van der Waals surface area contributed by atoms with Crippen molar-refractivity contribution < 1.29 is 22.7 Å². The molecule has 0 saturated carbocycles. The van der Waals surface area contributed by atoms with E-state index in [1.165, 1.54) is 18.2 Å². The second-order valence-electron chi connectivity index (χ2n) is 6.02. The van der Waals surface area contributed by atoms with Gasteiger partial charge in [0, 0.05) is 17.1 Å². The Morgan fingerprint density at radius 3 is 2.48 bits per heavy atom. The Morgan fingerprint density at radius 2 is 1.91 bits per heavy atom. The molecule has 8 heteroatoms. The Balaban J connectivity index is 2.42. The first-order chi connectivity index (χ1) is 10.5. The van der Waals surface area contributed by atoms with Crippen LogP contribution in [0, 0.1) is 5.82 Å². The van der Waals surface area contributed by atoms with E-state index in [0.717, 1.165) is 0 Å². The van der Waals surface area contributed by atoms with E-state index in [1.807, 2.05) is 5.32 Å². The van der Waals surface area contributed by atoms with Crippen molar-refractivity contribution in [2.45, 2.75) is 38.8 Å². The molecule has 0 aliphatic heterocycles. The lowest BCUT2D eigenvalue weighted by Gasteiger charge is -2.22. The second kappa shape index (κ2) is 7.88. The van der Waals surface area contributed by atoms with E-state index in [2.05, 4.69) is 5.32 Å². The molecule has 23 heavy (non-hydrogen) atoms. The highest BCUT2D eigenvalue weighted by Gasteiger charge is 2.30. The average Bonchev–Trinajstić information content (AvgIpc) is 2.38. The summed E-state index contributed by atoms with van der Waals surface area (Å²) in [5, 5.41) is 4.59. The minimum absolute atomic E-state index is 0.116. The molecule has 130 valence electrons. The van der Waals surface area contributed by atoms with Gasteiger partial charge in [-0.25, -0.2) is 18.0 Å². The van der Waals surface area contributed by atoms with Crippen LogP contribution in [0.5, 0.6) is 0 Å². The Bertz CT molecular complexity index is 528. The molecule has 1 rings (SSSR count). The summed E-state index contributed by atoms with van der Waals surface area (Å²) in [5.41, 5.74) is -0.649. The maximum absolute atomic E-state index is 13.7. The summed E-state index contributed by atoms with van der Waals surface area (Å²) in [6.07, 6.45) is -0.922. The molecule has 1 aromatic carbocycles. The maximum Gasteiger partial charge on any atom is 0.407 e. The van der Waals surface area contributed by atoms with Crippen LogP contribution in [0.25, 0.3) is 0 Å². The van der Waals surface area contributed by atoms with Crippen molar-refractivity contribution in [3.05, 3.63) is 34.6 Å². The molecule has 0 fully saturated rings. The van der Waals surface area contributed by atoms with E-state index in [9.17, 15) is 18.0 Å². The number of amides is 1. The zero-order chi connectivity index (χ0) is 17.7. The van der Waals surface area contributed by atoms with Crippen LogP contribution in [0.2, 0.25) is 5.02 Å². The summed E-state index contributed by atoms with van der Waals surface area (Å²) < 4.78 is 45.7. The van der Waals surface area contributed by atoms with Gasteiger partial charge in [0.1, 0.15) is 11.4 Å². The lowest BCUT2D eigenvalue weighted by Crippen LogP contribution is -2.44. The summed E-state index contributed by atoms with van der Waals surface area (Å²) in [4.78, 5) is 11.3. The van der Waals surface area contributed by atoms with Gasteiger partial charge in [-0.2, -0.15) is 0 Å². The standard InChI is InChI=1S/C15H20ClF3N2O2/c1-14(2,3)23-13(22)21-9-15(18,19)8-20-7-10-11(16)5-4-6-12(10)17/h4-6,20H,7-9H2,1-3H3,(H,21,22). The molecule has 4 nitrogen and oxygen atoms in total. The first-order valence-electron chi connectivity index (χ1n) is 6.98. The third-order valence-electron chi connectivity index (χ3n) is 2.64. The van der Waals surface area contributed by atoms with Crippen LogP contribution in [0.4, 0.5) is 18.0 Å². The number of rotatable bonds is 6. The summed E-state index contributed by atoms with van der Waals surface area (Å²) in [6.45, 7) is 3.11. The molecule has 0 radical (unpaired) electrons. The molecule has 0 unspecified atom stereocenters. The van der Waals surface area contributed by atoms with E-state index >= 15 is 0 Å². The molecule has 0 atom stereocenters.